The second-order valence-corrected chi connectivity index (χ2v) is 5.14. The van der Waals surface area contributed by atoms with Gasteiger partial charge in [0.15, 0.2) is 0 Å². The fourth-order valence-electron chi connectivity index (χ4n) is 2.36. The maximum atomic E-state index is 13.0. The molecule has 0 aromatic heterocycles. The van der Waals surface area contributed by atoms with E-state index in [0.29, 0.717) is 5.92 Å². The predicted octanol–water partition coefficient (Wildman–Crippen LogP) is 2.87. The van der Waals surface area contributed by atoms with E-state index in [-0.39, 0.29) is 16.9 Å². The number of hydrogen-bond acceptors (Lipinski definition) is 2. The molecule has 1 aromatic carbocycles. The molecule has 1 fully saturated rings. The van der Waals surface area contributed by atoms with E-state index >= 15 is 0 Å². The Labute approximate surface area is 106 Å². The van der Waals surface area contributed by atoms with Crippen molar-refractivity contribution < 1.29 is 4.39 Å². The van der Waals surface area contributed by atoms with Crippen LogP contribution in [-0.2, 0) is 0 Å². The Hall–Kier alpha value is -0.640. The minimum absolute atomic E-state index is 0.0574. The maximum absolute atomic E-state index is 13.0. The van der Waals surface area contributed by atoms with Crippen LogP contribution in [-0.4, -0.2) is 13.1 Å². The van der Waals surface area contributed by atoms with Crippen molar-refractivity contribution in [3.05, 3.63) is 34.6 Å². The monoisotopic (exact) mass is 256 g/mol. The highest BCUT2D eigenvalue weighted by molar-refractivity contribution is 6.30. The van der Waals surface area contributed by atoms with Crippen LogP contribution in [0.1, 0.15) is 30.9 Å². The smallest absolute Gasteiger partial charge is 0.141 e. The predicted molar refractivity (Wildman–Crippen MR) is 68.5 cm³/mol. The molecule has 0 spiro atoms. The van der Waals surface area contributed by atoms with Crippen LogP contribution in [0.5, 0.6) is 0 Å². The van der Waals surface area contributed by atoms with E-state index in [1.807, 2.05) is 0 Å². The third kappa shape index (κ3) is 3.41. The second kappa shape index (κ2) is 5.80. The summed E-state index contributed by atoms with van der Waals surface area (Å²) in [5, 5.41) is 3.52. The molecule has 3 N–H and O–H groups in total. The average molecular weight is 257 g/mol. The van der Waals surface area contributed by atoms with Crippen molar-refractivity contribution in [1.82, 2.24) is 5.32 Å². The first kappa shape index (κ1) is 12.8. The molecular formula is C13H18ClFN2. The zero-order valence-corrected chi connectivity index (χ0v) is 10.5. The molecule has 0 amide bonds. The van der Waals surface area contributed by atoms with Crippen LogP contribution >= 0.6 is 11.6 Å². The molecule has 1 saturated heterocycles. The summed E-state index contributed by atoms with van der Waals surface area (Å²) in [6.07, 6.45) is 3.35. The number of halogens is 2. The van der Waals surface area contributed by atoms with Gasteiger partial charge in [-0.25, -0.2) is 4.39 Å². The van der Waals surface area contributed by atoms with E-state index in [9.17, 15) is 4.39 Å². The van der Waals surface area contributed by atoms with Crippen molar-refractivity contribution in [2.24, 2.45) is 11.7 Å². The lowest BCUT2D eigenvalue weighted by atomic mass is 9.90. The Bertz CT molecular complexity index is 378. The summed E-state index contributed by atoms with van der Waals surface area (Å²) in [7, 11) is 0. The zero-order valence-electron chi connectivity index (χ0n) is 9.76. The number of rotatable bonds is 3. The standard InChI is InChI=1S/C13H18ClFN2/c14-11-7-10(3-4-12(11)15)13(16)6-9-2-1-5-17-8-9/h3-4,7,9,13,17H,1-2,5-6,8,16H2. The number of piperidine rings is 1. The highest BCUT2D eigenvalue weighted by Crippen LogP contribution is 2.26. The lowest BCUT2D eigenvalue weighted by molar-refractivity contribution is 0.336. The van der Waals surface area contributed by atoms with Gasteiger partial charge < -0.3 is 11.1 Å². The van der Waals surface area contributed by atoms with Gasteiger partial charge in [0.05, 0.1) is 5.02 Å². The Balaban J connectivity index is 1.98. The fraction of sp³-hybridized carbons (Fsp3) is 0.538. The molecule has 1 aliphatic rings. The summed E-state index contributed by atoms with van der Waals surface area (Å²) < 4.78 is 13.0. The van der Waals surface area contributed by atoms with Crippen molar-refractivity contribution >= 4 is 11.6 Å². The Morgan fingerprint density at radius 3 is 3.00 bits per heavy atom. The molecule has 2 nitrogen and oxygen atoms in total. The van der Waals surface area contributed by atoms with Gasteiger partial charge in [-0.05, 0) is 56.0 Å². The third-order valence-electron chi connectivity index (χ3n) is 3.36. The lowest BCUT2D eigenvalue weighted by Crippen LogP contribution is -2.31. The number of nitrogens with two attached hydrogens (primary N) is 1. The SMILES string of the molecule is NC(CC1CCCNC1)c1ccc(F)c(Cl)c1. The number of benzene rings is 1. The van der Waals surface area contributed by atoms with Crippen LogP contribution in [0.4, 0.5) is 4.39 Å². The molecular weight excluding hydrogens is 239 g/mol. The van der Waals surface area contributed by atoms with E-state index in [1.165, 1.54) is 18.9 Å². The van der Waals surface area contributed by atoms with Crippen LogP contribution in [0.2, 0.25) is 5.02 Å². The fourth-order valence-corrected chi connectivity index (χ4v) is 2.55. The molecule has 0 aliphatic carbocycles. The normalized spacial score (nSPS) is 22.4. The highest BCUT2D eigenvalue weighted by atomic mass is 35.5. The molecule has 0 bridgehead atoms. The van der Waals surface area contributed by atoms with Gasteiger partial charge in [0.1, 0.15) is 5.82 Å². The van der Waals surface area contributed by atoms with Crippen LogP contribution in [0.25, 0.3) is 0 Å². The van der Waals surface area contributed by atoms with Gasteiger partial charge in [0.2, 0.25) is 0 Å². The molecule has 2 rings (SSSR count). The molecule has 1 aliphatic heterocycles. The van der Waals surface area contributed by atoms with E-state index in [4.69, 9.17) is 17.3 Å². The molecule has 1 aromatic rings. The van der Waals surface area contributed by atoms with Gasteiger partial charge in [-0.3, -0.25) is 0 Å². The first-order chi connectivity index (χ1) is 8.16. The topological polar surface area (TPSA) is 38.0 Å². The van der Waals surface area contributed by atoms with E-state index in [0.717, 1.165) is 25.1 Å². The molecule has 1 heterocycles. The van der Waals surface area contributed by atoms with Crippen LogP contribution in [0.3, 0.4) is 0 Å². The Morgan fingerprint density at radius 2 is 2.35 bits per heavy atom. The average Bonchev–Trinajstić information content (AvgIpc) is 2.34. The van der Waals surface area contributed by atoms with Gasteiger partial charge in [-0.1, -0.05) is 17.7 Å². The van der Waals surface area contributed by atoms with Crippen molar-refractivity contribution in [3.63, 3.8) is 0 Å². The van der Waals surface area contributed by atoms with E-state index < -0.39 is 0 Å². The van der Waals surface area contributed by atoms with E-state index in [1.54, 1.807) is 12.1 Å². The molecule has 4 heteroatoms. The van der Waals surface area contributed by atoms with Crippen molar-refractivity contribution in [2.45, 2.75) is 25.3 Å². The first-order valence-corrected chi connectivity index (χ1v) is 6.46. The van der Waals surface area contributed by atoms with Gasteiger partial charge in [0.25, 0.3) is 0 Å². The van der Waals surface area contributed by atoms with Crippen LogP contribution in [0, 0.1) is 11.7 Å². The minimum Gasteiger partial charge on any atom is -0.324 e. The number of nitrogens with one attached hydrogen (secondary N) is 1. The summed E-state index contributed by atoms with van der Waals surface area (Å²) in [5.74, 6) is 0.226. The molecule has 94 valence electrons. The number of hydrogen-bond donors (Lipinski definition) is 2. The van der Waals surface area contributed by atoms with Crippen molar-refractivity contribution in [1.29, 1.82) is 0 Å². The summed E-state index contributed by atoms with van der Waals surface area (Å²) in [5.41, 5.74) is 7.05. The summed E-state index contributed by atoms with van der Waals surface area (Å²) in [6.45, 7) is 2.14. The van der Waals surface area contributed by atoms with Gasteiger partial charge in [-0.15, -0.1) is 0 Å². The Morgan fingerprint density at radius 1 is 1.53 bits per heavy atom. The second-order valence-electron chi connectivity index (χ2n) is 4.73. The van der Waals surface area contributed by atoms with E-state index in [2.05, 4.69) is 5.32 Å². The van der Waals surface area contributed by atoms with Gasteiger partial charge in [0, 0.05) is 6.04 Å². The zero-order chi connectivity index (χ0) is 12.3. The summed E-state index contributed by atoms with van der Waals surface area (Å²) in [4.78, 5) is 0. The molecule has 0 radical (unpaired) electrons. The summed E-state index contributed by atoms with van der Waals surface area (Å²) >= 11 is 5.76. The van der Waals surface area contributed by atoms with Gasteiger partial charge >= 0.3 is 0 Å². The molecule has 0 saturated carbocycles. The highest BCUT2D eigenvalue weighted by Gasteiger charge is 2.18. The third-order valence-corrected chi connectivity index (χ3v) is 3.65. The van der Waals surface area contributed by atoms with Crippen molar-refractivity contribution in [2.75, 3.05) is 13.1 Å². The molecule has 2 atom stereocenters. The summed E-state index contributed by atoms with van der Waals surface area (Å²) in [6, 6.07) is 4.69. The first-order valence-electron chi connectivity index (χ1n) is 6.08. The van der Waals surface area contributed by atoms with Crippen molar-refractivity contribution in [3.8, 4) is 0 Å². The van der Waals surface area contributed by atoms with Crippen LogP contribution in [0.15, 0.2) is 18.2 Å². The van der Waals surface area contributed by atoms with Crippen LogP contribution < -0.4 is 11.1 Å². The minimum atomic E-state index is -0.387. The van der Waals surface area contributed by atoms with Gasteiger partial charge in [-0.2, -0.15) is 0 Å². The lowest BCUT2D eigenvalue weighted by Gasteiger charge is -2.25. The quantitative estimate of drug-likeness (QED) is 0.873. The maximum Gasteiger partial charge on any atom is 0.141 e. The molecule has 17 heavy (non-hydrogen) atoms. The molecule has 2 unspecified atom stereocenters. The largest absolute Gasteiger partial charge is 0.324 e. The Kier molecular flexibility index (Phi) is 4.37.